The number of hydrogen-bond acceptors (Lipinski definition) is 3. The number of ether oxygens (including phenoxy) is 1. The second-order valence-electron chi connectivity index (χ2n) is 8.28. The Morgan fingerprint density at radius 2 is 1.76 bits per heavy atom. The summed E-state index contributed by atoms with van der Waals surface area (Å²) in [6.45, 7) is 5.44. The molecule has 2 aliphatic rings. The highest BCUT2D eigenvalue weighted by molar-refractivity contribution is 5.69. The Hall–Kier alpha value is -1.69. The number of aliphatic hydroxyl groups is 1. The molecule has 0 radical (unpaired) electrons. The molecule has 1 amide bonds. The lowest BCUT2D eigenvalue weighted by molar-refractivity contribution is -0.0586. The Kier molecular flexibility index (Phi) is 4.52. The number of piperidine rings is 1. The van der Waals surface area contributed by atoms with Crippen molar-refractivity contribution in [2.24, 2.45) is 0 Å². The second kappa shape index (κ2) is 6.24. The van der Waals surface area contributed by atoms with Crippen LogP contribution in [0.1, 0.15) is 52.0 Å². The summed E-state index contributed by atoms with van der Waals surface area (Å²) >= 11 is 0. The van der Waals surface area contributed by atoms with Gasteiger partial charge in [0.15, 0.2) is 0 Å². The van der Waals surface area contributed by atoms with E-state index in [9.17, 15) is 18.7 Å². The van der Waals surface area contributed by atoms with Crippen LogP contribution in [-0.2, 0) is 11.2 Å². The van der Waals surface area contributed by atoms with E-state index in [0.29, 0.717) is 12.8 Å². The normalized spacial score (nSPS) is 29.0. The minimum atomic E-state index is -1.21. The third-order valence-electron chi connectivity index (χ3n) is 5.02. The van der Waals surface area contributed by atoms with Crippen LogP contribution >= 0.6 is 0 Å². The van der Waals surface area contributed by atoms with Crippen molar-refractivity contribution < 1.29 is 23.4 Å². The maximum atomic E-state index is 13.9. The quantitative estimate of drug-likeness (QED) is 0.880. The van der Waals surface area contributed by atoms with E-state index in [0.717, 1.165) is 12.8 Å². The van der Waals surface area contributed by atoms with Crippen molar-refractivity contribution >= 4 is 6.09 Å². The van der Waals surface area contributed by atoms with Crippen LogP contribution in [0.5, 0.6) is 0 Å². The van der Waals surface area contributed by atoms with Crippen molar-refractivity contribution in [3.63, 3.8) is 0 Å². The summed E-state index contributed by atoms with van der Waals surface area (Å²) in [5.41, 5.74) is -1.89. The minimum absolute atomic E-state index is 0.0827. The number of carbonyl (C=O) groups is 1. The number of nitrogens with zero attached hydrogens (tertiary/aromatic N) is 1. The maximum absolute atomic E-state index is 13.9. The highest BCUT2D eigenvalue weighted by Crippen LogP contribution is 2.43. The summed E-state index contributed by atoms with van der Waals surface area (Å²) in [5, 5.41) is 11.0. The van der Waals surface area contributed by atoms with Crippen LogP contribution in [-0.4, -0.2) is 39.4 Å². The Bertz CT molecular complexity index is 637. The van der Waals surface area contributed by atoms with E-state index in [1.807, 2.05) is 20.8 Å². The van der Waals surface area contributed by atoms with Gasteiger partial charge in [-0.15, -0.1) is 0 Å². The fraction of sp³-hybridized carbons (Fsp3) is 0.632. The van der Waals surface area contributed by atoms with Gasteiger partial charge in [0.05, 0.1) is 5.60 Å². The molecule has 2 fully saturated rings. The highest BCUT2D eigenvalue weighted by atomic mass is 19.1. The van der Waals surface area contributed by atoms with Crippen LogP contribution in [0.15, 0.2) is 18.2 Å². The molecule has 2 saturated heterocycles. The van der Waals surface area contributed by atoms with Gasteiger partial charge in [0.25, 0.3) is 0 Å². The van der Waals surface area contributed by atoms with Gasteiger partial charge in [-0.3, -0.25) is 0 Å². The van der Waals surface area contributed by atoms with Crippen LogP contribution < -0.4 is 0 Å². The predicted molar refractivity (Wildman–Crippen MR) is 89.1 cm³/mol. The van der Waals surface area contributed by atoms with Crippen molar-refractivity contribution in [2.45, 2.75) is 76.2 Å². The molecule has 2 unspecified atom stereocenters. The Morgan fingerprint density at radius 3 is 2.24 bits per heavy atom. The summed E-state index contributed by atoms with van der Waals surface area (Å²) in [4.78, 5) is 14.2. The lowest BCUT2D eigenvalue weighted by Gasteiger charge is -2.44. The molecule has 138 valence electrons. The van der Waals surface area contributed by atoms with Gasteiger partial charge >= 0.3 is 6.09 Å². The molecule has 2 atom stereocenters. The zero-order chi connectivity index (χ0) is 18.4. The van der Waals surface area contributed by atoms with E-state index in [4.69, 9.17) is 4.74 Å². The van der Waals surface area contributed by atoms with Crippen molar-refractivity contribution in [1.29, 1.82) is 0 Å². The molecule has 2 heterocycles. The zero-order valence-corrected chi connectivity index (χ0v) is 14.9. The molecule has 0 saturated carbocycles. The molecule has 6 heteroatoms. The first-order valence-electron chi connectivity index (χ1n) is 8.75. The Balaban J connectivity index is 1.76. The molecule has 1 aromatic rings. The van der Waals surface area contributed by atoms with E-state index in [1.165, 1.54) is 18.2 Å². The molecule has 3 rings (SSSR count). The largest absolute Gasteiger partial charge is 0.444 e. The molecule has 0 aliphatic carbocycles. The van der Waals surface area contributed by atoms with E-state index < -0.39 is 22.8 Å². The molecule has 1 N–H and O–H groups in total. The average Bonchev–Trinajstić information content (AvgIpc) is 2.75. The van der Waals surface area contributed by atoms with Gasteiger partial charge in [-0.1, -0.05) is 6.07 Å². The molecule has 25 heavy (non-hydrogen) atoms. The van der Waals surface area contributed by atoms with Crippen molar-refractivity contribution in [1.82, 2.24) is 4.90 Å². The zero-order valence-electron chi connectivity index (χ0n) is 14.9. The molecule has 1 aromatic carbocycles. The fourth-order valence-corrected chi connectivity index (χ4v) is 4.11. The average molecular weight is 353 g/mol. The molecule has 0 aromatic heterocycles. The van der Waals surface area contributed by atoms with E-state index in [1.54, 1.807) is 4.90 Å². The smallest absolute Gasteiger partial charge is 0.410 e. The number of carbonyl (C=O) groups excluding carboxylic acids is 1. The molecular formula is C19H25F2NO3. The van der Waals surface area contributed by atoms with Gasteiger partial charge in [0.2, 0.25) is 0 Å². The van der Waals surface area contributed by atoms with Crippen LogP contribution in [0, 0.1) is 11.6 Å². The van der Waals surface area contributed by atoms with E-state index >= 15 is 0 Å². The second-order valence-corrected chi connectivity index (χ2v) is 8.28. The summed E-state index contributed by atoms with van der Waals surface area (Å²) in [6.07, 6.45) is 1.69. The topological polar surface area (TPSA) is 49.8 Å². The first-order valence-corrected chi connectivity index (χ1v) is 8.75. The van der Waals surface area contributed by atoms with Gasteiger partial charge in [0, 0.05) is 24.1 Å². The van der Waals surface area contributed by atoms with Gasteiger partial charge in [-0.25, -0.2) is 13.6 Å². The number of benzene rings is 1. The third kappa shape index (κ3) is 3.78. The number of amides is 1. The van der Waals surface area contributed by atoms with Gasteiger partial charge < -0.3 is 14.7 Å². The summed E-state index contributed by atoms with van der Waals surface area (Å²) < 4.78 is 33.3. The number of halogens is 2. The monoisotopic (exact) mass is 353 g/mol. The Labute approximate surface area is 146 Å². The van der Waals surface area contributed by atoms with Crippen LogP contribution in [0.2, 0.25) is 0 Å². The predicted octanol–water partition coefficient (Wildman–Crippen LogP) is 3.80. The van der Waals surface area contributed by atoms with E-state index in [-0.39, 0.29) is 30.2 Å². The number of fused-ring (bicyclic) bond motifs is 2. The fourth-order valence-electron chi connectivity index (χ4n) is 4.11. The SMILES string of the molecule is CC(C)(C)OC(=O)N1C2CCC1CC(O)(Cc1c(F)cccc1F)C2. The lowest BCUT2D eigenvalue weighted by Crippen LogP contribution is -2.55. The van der Waals surface area contributed by atoms with Gasteiger partial charge in [0.1, 0.15) is 17.2 Å². The van der Waals surface area contributed by atoms with Crippen molar-refractivity contribution in [3.8, 4) is 0 Å². The molecule has 2 aliphatic heterocycles. The van der Waals surface area contributed by atoms with Crippen LogP contribution in [0.25, 0.3) is 0 Å². The summed E-state index contributed by atoms with van der Waals surface area (Å²) in [5.74, 6) is -1.29. The summed E-state index contributed by atoms with van der Waals surface area (Å²) in [7, 11) is 0. The first-order chi connectivity index (χ1) is 11.6. The number of hydrogen-bond donors (Lipinski definition) is 1. The molecule has 2 bridgehead atoms. The Morgan fingerprint density at radius 1 is 1.24 bits per heavy atom. The number of rotatable bonds is 2. The van der Waals surface area contributed by atoms with Crippen LogP contribution in [0.3, 0.4) is 0 Å². The molecule has 0 spiro atoms. The van der Waals surface area contributed by atoms with Crippen LogP contribution in [0.4, 0.5) is 13.6 Å². The van der Waals surface area contributed by atoms with Crippen molar-refractivity contribution in [3.05, 3.63) is 35.4 Å². The maximum Gasteiger partial charge on any atom is 0.410 e. The summed E-state index contributed by atoms with van der Waals surface area (Å²) in [6, 6.07) is 3.40. The van der Waals surface area contributed by atoms with Crippen molar-refractivity contribution in [2.75, 3.05) is 0 Å². The molecule has 4 nitrogen and oxygen atoms in total. The third-order valence-corrected chi connectivity index (χ3v) is 5.02. The standard InChI is InChI=1S/C19H25F2NO3/c1-18(2,3)25-17(23)22-12-7-8-13(22)10-19(24,9-12)11-14-15(20)5-4-6-16(14)21/h4-6,12-13,24H,7-11H2,1-3H3. The minimum Gasteiger partial charge on any atom is -0.444 e. The highest BCUT2D eigenvalue weighted by Gasteiger charge is 2.50. The van der Waals surface area contributed by atoms with Gasteiger partial charge in [-0.2, -0.15) is 0 Å². The lowest BCUT2D eigenvalue weighted by atomic mass is 9.81. The van der Waals surface area contributed by atoms with E-state index in [2.05, 4.69) is 0 Å². The first kappa shape index (κ1) is 18.1. The van der Waals surface area contributed by atoms with Gasteiger partial charge in [-0.05, 0) is 58.6 Å². The molecular weight excluding hydrogens is 328 g/mol.